The third kappa shape index (κ3) is 0.888. The van der Waals surface area contributed by atoms with Gasteiger partial charge in [0, 0.05) is 6.07 Å². The zero-order valence-electron chi connectivity index (χ0n) is 6.46. The molecule has 0 radical (unpaired) electrons. The number of fused-ring (bicyclic) bond motifs is 1. The number of nitrogens with zero attached hydrogens (tertiary/aromatic N) is 2. The number of hydrogen-bond donors (Lipinski definition) is 0. The van der Waals surface area contributed by atoms with E-state index < -0.39 is 0 Å². The Hall–Kier alpha value is -1.38. The number of rotatable bonds is 0. The van der Waals surface area contributed by atoms with Crippen molar-refractivity contribution in [2.24, 2.45) is 0 Å². The molecule has 11 heavy (non-hydrogen) atoms. The molecule has 2 rings (SSSR count). The molecule has 0 aliphatic heterocycles. The summed E-state index contributed by atoms with van der Waals surface area (Å²) in [5.41, 5.74) is 2.57. The highest BCUT2D eigenvalue weighted by Gasteiger charge is 2.02. The van der Waals surface area contributed by atoms with E-state index in [-0.39, 0.29) is 0 Å². The van der Waals surface area contributed by atoms with Crippen LogP contribution in [0.1, 0.15) is 11.5 Å². The Balaban J connectivity index is 2.91. The van der Waals surface area contributed by atoms with Crippen LogP contribution in [0.2, 0.25) is 0 Å². The summed E-state index contributed by atoms with van der Waals surface area (Å²) >= 11 is 0. The lowest BCUT2D eigenvalue weighted by Crippen LogP contribution is -1.89. The van der Waals surface area contributed by atoms with Gasteiger partial charge in [0.15, 0.2) is 5.58 Å². The van der Waals surface area contributed by atoms with E-state index >= 15 is 0 Å². The molecule has 56 valence electrons. The van der Waals surface area contributed by atoms with Gasteiger partial charge in [-0.2, -0.15) is 0 Å². The van der Waals surface area contributed by atoms with Gasteiger partial charge in [-0.25, -0.2) is 9.97 Å². The van der Waals surface area contributed by atoms with Crippen LogP contribution in [0.15, 0.2) is 16.7 Å². The number of aromatic nitrogens is 2. The smallest absolute Gasteiger partial charge is 0.173 e. The molecule has 2 aromatic heterocycles. The minimum atomic E-state index is 0.788. The van der Waals surface area contributed by atoms with Gasteiger partial charge in [-0.3, -0.25) is 0 Å². The third-order valence-electron chi connectivity index (χ3n) is 1.58. The van der Waals surface area contributed by atoms with E-state index in [1.807, 2.05) is 19.9 Å². The molecule has 0 atom stereocenters. The average molecular weight is 148 g/mol. The standard InChI is InChI=1S/C8H8N2O/c1-5-8-7(3-4-11-8)10-6(2)9-5/h3-4H,1-2H3. The van der Waals surface area contributed by atoms with E-state index in [1.54, 1.807) is 6.26 Å². The van der Waals surface area contributed by atoms with Gasteiger partial charge >= 0.3 is 0 Å². The Morgan fingerprint density at radius 3 is 2.91 bits per heavy atom. The highest BCUT2D eigenvalue weighted by molar-refractivity contribution is 5.74. The van der Waals surface area contributed by atoms with E-state index in [0.717, 1.165) is 22.6 Å². The fourth-order valence-corrected chi connectivity index (χ4v) is 1.15. The van der Waals surface area contributed by atoms with Crippen LogP contribution >= 0.6 is 0 Å². The fourth-order valence-electron chi connectivity index (χ4n) is 1.15. The van der Waals surface area contributed by atoms with Crippen molar-refractivity contribution in [2.45, 2.75) is 13.8 Å². The molecule has 2 heterocycles. The van der Waals surface area contributed by atoms with Crippen LogP contribution in [0.25, 0.3) is 11.1 Å². The lowest BCUT2D eigenvalue weighted by atomic mass is 10.3. The fraction of sp³-hybridized carbons (Fsp3) is 0.250. The van der Waals surface area contributed by atoms with Gasteiger partial charge in [0.05, 0.1) is 12.0 Å². The van der Waals surface area contributed by atoms with Crippen molar-refractivity contribution in [1.82, 2.24) is 9.97 Å². The molecule has 3 nitrogen and oxygen atoms in total. The van der Waals surface area contributed by atoms with E-state index in [1.165, 1.54) is 0 Å². The molecule has 0 aromatic carbocycles. The van der Waals surface area contributed by atoms with Crippen molar-refractivity contribution in [3.63, 3.8) is 0 Å². The molecule has 3 heteroatoms. The summed E-state index contributed by atoms with van der Waals surface area (Å²) in [7, 11) is 0. The lowest BCUT2D eigenvalue weighted by molar-refractivity contribution is 0.609. The molecule has 0 N–H and O–H groups in total. The van der Waals surface area contributed by atoms with Gasteiger partial charge in [0.25, 0.3) is 0 Å². The first-order valence-corrected chi connectivity index (χ1v) is 3.46. The molecule has 0 amide bonds. The maximum Gasteiger partial charge on any atom is 0.173 e. The first kappa shape index (κ1) is 6.34. The molecule has 2 aromatic rings. The van der Waals surface area contributed by atoms with Crippen LogP contribution in [0.4, 0.5) is 0 Å². The number of aryl methyl sites for hydroxylation is 2. The van der Waals surface area contributed by atoms with Gasteiger partial charge in [-0.05, 0) is 13.8 Å². The molecule has 0 aliphatic carbocycles. The van der Waals surface area contributed by atoms with Gasteiger partial charge in [-0.1, -0.05) is 0 Å². The number of hydrogen-bond acceptors (Lipinski definition) is 3. The van der Waals surface area contributed by atoms with Crippen LogP contribution < -0.4 is 0 Å². The van der Waals surface area contributed by atoms with Crippen LogP contribution in [-0.2, 0) is 0 Å². The van der Waals surface area contributed by atoms with Crippen molar-refractivity contribution in [1.29, 1.82) is 0 Å². The highest BCUT2D eigenvalue weighted by Crippen LogP contribution is 2.15. The molecule has 0 saturated heterocycles. The molecule has 0 unspecified atom stereocenters. The Morgan fingerprint density at radius 2 is 2.09 bits per heavy atom. The second kappa shape index (κ2) is 2.05. The van der Waals surface area contributed by atoms with Crippen molar-refractivity contribution in [3.8, 4) is 0 Å². The van der Waals surface area contributed by atoms with Crippen LogP contribution in [0.3, 0.4) is 0 Å². The van der Waals surface area contributed by atoms with E-state index in [2.05, 4.69) is 9.97 Å². The minimum Gasteiger partial charge on any atom is -0.461 e. The van der Waals surface area contributed by atoms with Crippen molar-refractivity contribution < 1.29 is 4.42 Å². The summed E-state index contributed by atoms with van der Waals surface area (Å²) in [6.45, 7) is 3.79. The molecule has 0 saturated carbocycles. The highest BCUT2D eigenvalue weighted by atomic mass is 16.3. The second-order valence-corrected chi connectivity index (χ2v) is 2.49. The second-order valence-electron chi connectivity index (χ2n) is 2.49. The third-order valence-corrected chi connectivity index (χ3v) is 1.58. The average Bonchev–Trinajstić information content (AvgIpc) is 2.34. The van der Waals surface area contributed by atoms with Crippen molar-refractivity contribution >= 4 is 11.1 Å². The zero-order chi connectivity index (χ0) is 7.84. The summed E-state index contributed by atoms with van der Waals surface area (Å²) in [5, 5.41) is 0. The normalized spacial score (nSPS) is 10.7. The van der Waals surface area contributed by atoms with Gasteiger partial charge in [0.2, 0.25) is 0 Å². The molecular formula is C8H8N2O. The van der Waals surface area contributed by atoms with Crippen LogP contribution in [-0.4, -0.2) is 9.97 Å². The molecular weight excluding hydrogens is 140 g/mol. The Kier molecular flexibility index (Phi) is 1.18. The van der Waals surface area contributed by atoms with E-state index in [4.69, 9.17) is 4.42 Å². The maximum atomic E-state index is 5.18. The maximum absolute atomic E-state index is 5.18. The van der Waals surface area contributed by atoms with E-state index in [0.29, 0.717) is 0 Å². The summed E-state index contributed by atoms with van der Waals surface area (Å²) < 4.78 is 5.18. The first-order chi connectivity index (χ1) is 5.27. The topological polar surface area (TPSA) is 38.9 Å². The van der Waals surface area contributed by atoms with Gasteiger partial charge in [-0.15, -0.1) is 0 Å². The first-order valence-electron chi connectivity index (χ1n) is 3.46. The largest absolute Gasteiger partial charge is 0.461 e. The van der Waals surface area contributed by atoms with Crippen molar-refractivity contribution in [3.05, 3.63) is 23.8 Å². The predicted octanol–water partition coefficient (Wildman–Crippen LogP) is 1.84. The summed E-state index contributed by atoms with van der Waals surface area (Å²) in [4.78, 5) is 8.36. The SMILES string of the molecule is Cc1nc(C)c2occc2n1. The Labute approximate surface area is 64.1 Å². The molecule has 0 fully saturated rings. The Morgan fingerprint density at radius 1 is 1.27 bits per heavy atom. The summed E-state index contributed by atoms with van der Waals surface area (Å²) in [6, 6.07) is 1.84. The van der Waals surface area contributed by atoms with E-state index in [9.17, 15) is 0 Å². The lowest BCUT2D eigenvalue weighted by Gasteiger charge is -1.94. The monoisotopic (exact) mass is 148 g/mol. The quantitative estimate of drug-likeness (QED) is 0.572. The number of furan rings is 1. The molecule has 0 aliphatic rings. The predicted molar refractivity (Wildman–Crippen MR) is 41.3 cm³/mol. The summed E-state index contributed by atoms with van der Waals surface area (Å²) in [5.74, 6) is 0.788. The molecule has 0 spiro atoms. The van der Waals surface area contributed by atoms with Gasteiger partial charge < -0.3 is 4.42 Å². The van der Waals surface area contributed by atoms with Crippen LogP contribution in [0, 0.1) is 13.8 Å². The Bertz CT molecular complexity index is 392. The van der Waals surface area contributed by atoms with Gasteiger partial charge in [0.1, 0.15) is 11.3 Å². The van der Waals surface area contributed by atoms with Crippen molar-refractivity contribution in [2.75, 3.05) is 0 Å². The zero-order valence-corrected chi connectivity index (χ0v) is 6.46. The minimum absolute atomic E-state index is 0.788. The summed E-state index contributed by atoms with van der Waals surface area (Å²) in [6.07, 6.45) is 1.63. The molecule has 0 bridgehead atoms. The van der Waals surface area contributed by atoms with Crippen LogP contribution in [0.5, 0.6) is 0 Å².